The fourth-order valence-corrected chi connectivity index (χ4v) is 1.81. The minimum absolute atomic E-state index is 0.213. The highest BCUT2D eigenvalue weighted by Crippen LogP contribution is 2.29. The number of nitrogens with zero attached hydrogens (tertiary/aromatic N) is 1. The van der Waals surface area contributed by atoms with Crippen LogP contribution in [-0.4, -0.2) is 28.9 Å². The molecule has 0 amide bonds. The number of carbonyl (C=O) groups is 1. The van der Waals surface area contributed by atoms with Crippen LogP contribution in [0.5, 0.6) is 0 Å². The molecule has 0 fully saturated rings. The molecular formula is C16H17F4N3O4. The van der Waals surface area contributed by atoms with Crippen LogP contribution in [0.1, 0.15) is 29.9 Å². The fraction of sp³-hybridized carbons (Fsp3) is 0.312. The second kappa shape index (κ2) is 8.62. The van der Waals surface area contributed by atoms with E-state index in [9.17, 15) is 31.9 Å². The maximum atomic E-state index is 13.1. The molecule has 0 spiro atoms. The van der Waals surface area contributed by atoms with Crippen LogP contribution < -0.4 is 16.7 Å². The normalized spacial score (nSPS) is 11.0. The molecular weight excluding hydrogens is 374 g/mol. The molecule has 7 nitrogen and oxygen atoms in total. The Labute approximate surface area is 150 Å². The van der Waals surface area contributed by atoms with Crippen LogP contribution in [0, 0.1) is 5.82 Å². The summed E-state index contributed by atoms with van der Waals surface area (Å²) in [6, 6.07) is 4.10. The van der Waals surface area contributed by atoms with Crippen molar-refractivity contribution in [3.63, 3.8) is 0 Å². The molecule has 2 aromatic rings. The molecule has 148 valence electrons. The van der Waals surface area contributed by atoms with Gasteiger partial charge in [-0.25, -0.2) is 13.9 Å². The molecule has 0 aliphatic rings. The number of alkyl halides is 3. The van der Waals surface area contributed by atoms with Gasteiger partial charge in [-0.1, -0.05) is 13.8 Å². The second-order valence-electron chi connectivity index (χ2n) is 5.54. The van der Waals surface area contributed by atoms with Gasteiger partial charge in [-0.15, -0.1) is 0 Å². The molecule has 0 radical (unpaired) electrons. The van der Waals surface area contributed by atoms with Gasteiger partial charge in [-0.05, 0) is 30.3 Å². The van der Waals surface area contributed by atoms with Gasteiger partial charge in [-0.2, -0.15) is 13.2 Å². The summed E-state index contributed by atoms with van der Waals surface area (Å²) >= 11 is 0. The lowest BCUT2D eigenvalue weighted by atomic mass is 10.2. The van der Waals surface area contributed by atoms with Gasteiger partial charge in [-0.3, -0.25) is 14.7 Å². The van der Waals surface area contributed by atoms with Crippen molar-refractivity contribution in [3.05, 3.63) is 61.9 Å². The maximum Gasteiger partial charge on any atom is 0.433 e. The summed E-state index contributed by atoms with van der Waals surface area (Å²) in [6.07, 6.45) is -5.13. The van der Waals surface area contributed by atoms with Crippen molar-refractivity contribution in [2.75, 3.05) is 7.11 Å². The van der Waals surface area contributed by atoms with Crippen LogP contribution in [-0.2, 0) is 10.9 Å². The van der Waals surface area contributed by atoms with E-state index in [1.807, 2.05) is 13.8 Å². The van der Waals surface area contributed by atoms with Crippen molar-refractivity contribution >= 4 is 5.97 Å². The number of aromatic amines is 1. The molecule has 3 N–H and O–H groups in total. The number of hydrogen-bond acceptors (Lipinski definition) is 5. The number of nitrogens with one attached hydrogen (secondary N) is 1. The van der Waals surface area contributed by atoms with Crippen LogP contribution in [0.25, 0.3) is 5.69 Å². The predicted molar refractivity (Wildman–Crippen MR) is 88.3 cm³/mol. The Morgan fingerprint density at radius 3 is 2.07 bits per heavy atom. The van der Waals surface area contributed by atoms with Gasteiger partial charge in [0.05, 0.1) is 12.8 Å². The van der Waals surface area contributed by atoms with Gasteiger partial charge >= 0.3 is 17.7 Å². The lowest BCUT2D eigenvalue weighted by Crippen LogP contribution is -2.42. The van der Waals surface area contributed by atoms with E-state index in [0.29, 0.717) is 6.04 Å². The van der Waals surface area contributed by atoms with Crippen LogP contribution in [0.4, 0.5) is 17.6 Å². The predicted octanol–water partition coefficient (Wildman–Crippen LogP) is 1.82. The average Bonchev–Trinajstić information content (AvgIpc) is 2.56. The second-order valence-corrected chi connectivity index (χ2v) is 5.54. The highest BCUT2D eigenvalue weighted by Gasteiger charge is 2.40. The van der Waals surface area contributed by atoms with Gasteiger partial charge in [0.1, 0.15) is 11.4 Å². The molecule has 1 aromatic carbocycles. The zero-order chi connectivity index (χ0) is 20.9. The average molecular weight is 391 g/mol. The number of methoxy groups -OCH3 is 1. The lowest BCUT2D eigenvalue weighted by Gasteiger charge is -2.14. The van der Waals surface area contributed by atoms with Crippen molar-refractivity contribution in [1.29, 1.82) is 0 Å². The number of esters is 1. The minimum atomic E-state index is -5.13. The molecule has 0 saturated carbocycles. The molecule has 1 aromatic heterocycles. The quantitative estimate of drug-likeness (QED) is 0.461. The number of rotatable bonds is 2. The van der Waals surface area contributed by atoms with Gasteiger partial charge < -0.3 is 10.5 Å². The van der Waals surface area contributed by atoms with Gasteiger partial charge in [0.2, 0.25) is 0 Å². The molecule has 0 saturated heterocycles. The fourth-order valence-electron chi connectivity index (χ4n) is 1.81. The SMILES string of the molecule is CC(C)N.COC(=O)c1c(C(F)(F)F)[nH]n(-c2ccc(F)cc2)c(=O)c1=O. The maximum absolute atomic E-state index is 13.1. The summed E-state index contributed by atoms with van der Waals surface area (Å²) in [5.74, 6) is -2.28. The molecule has 1 heterocycles. The number of H-pyrrole nitrogens is 1. The molecule has 0 aliphatic carbocycles. The Bertz CT molecular complexity index is 912. The zero-order valence-electron chi connectivity index (χ0n) is 14.6. The Balaban J connectivity index is 0.000000828. The lowest BCUT2D eigenvalue weighted by molar-refractivity contribution is -0.142. The Morgan fingerprint density at radius 2 is 1.67 bits per heavy atom. The van der Waals surface area contributed by atoms with Crippen molar-refractivity contribution in [1.82, 2.24) is 9.78 Å². The first-order valence-corrected chi connectivity index (χ1v) is 7.46. The zero-order valence-corrected chi connectivity index (χ0v) is 14.6. The van der Waals surface area contributed by atoms with Crippen molar-refractivity contribution in [2.24, 2.45) is 5.73 Å². The van der Waals surface area contributed by atoms with E-state index in [2.05, 4.69) is 4.74 Å². The molecule has 0 aliphatic heterocycles. The van der Waals surface area contributed by atoms with Crippen LogP contribution in [0.2, 0.25) is 0 Å². The molecule has 11 heteroatoms. The van der Waals surface area contributed by atoms with E-state index < -0.39 is 40.2 Å². The number of ether oxygens (including phenoxy) is 1. The first-order chi connectivity index (χ1) is 12.4. The van der Waals surface area contributed by atoms with E-state index in [0.717, 1.165) is 31.4 Å². The summed E-state index contributed by atoms with van der Waals surface area (Å²) in [4.78, 5) is 35.2. The molecule has 27 heavy (non-hydrogen) atoms. The van der Waals surface area contributed by atoms with E-state index in [1.54, 1.807) is 5.10 Å². The number of aromatic nitrogens is 2. The van der Waals surface area contributed by atoms with Gasteiger partial charge in [0.25, 0.3) is 5.43 Å². The summed E-state index contributed by atoms with van der Waals surface area (Å²) in [5, 5.41) is 1.67. The third kappa shape index (κ3) is 5.51. The van der Waals surface area contributed by atoms with E-state index in [4.69, 9.17) is 5.73 Å². The van der Waals surface area contributed by atoms with Crippen molar-refractivity contribution in [3.8, 4) is 5.69 Å². The number of halogens is 4. The highest BCUT2D eigenvalue weighted by molar-refractivity contribution is 5.90. The topological polar surface area (TPSA) is 107 Å². The number of nitrogens with two attached hydrogens (primary N) is 1. The number of benzene rings is 1. The van der Waals surface area contributed by atoms with Gasteiger partial charge in [0, 0.05) is 0 Å². The van der Waals surface area contributed by atoms with E-state index in [1.165, 1.54) is 0 Å². The minimum Gasteiger partial charge on any atom is -0.465 e. The Kier molecular flexibility index (Phi) is 7.06. The van der Waals surface area contributed by atoms with Crippen LogP contribution in [0.15, 0.2) is 33.9 Å². The molecule has 0 unspecified atom stereocenters. The third-order valence-electron chi connectivity index (χ3n) is 2.86. The van der Waals surface area contributed by atoms with E-state index >= 15 is 0 Å². The summed E-state index contributed by atoms with van der Waals surface area (Å²) < 4.78 is 56.4. The van der Waals surface area contributed by atoms with Crippen molar-refractivity contribution in [2.45, 2.75) is 26.1 Å². The third-order valence-corrected chi connectivity index (χ3v) is 2.86. The largest absolute Gasteiger partial charge is 0.465 e. The molecule has 0 atom stereocenters. The number of hydrogen-bond donors (Lipinski definition) is 2. The standard InChI is InChI=1S/C13H8F4N2O4.C3H9N/c1-23-12(22)8-9(20)11(21)19(18-10(8)13(15,16)17)7-4-2-6(14)3-5-7;1-3(2)4/h2-5,18H,1H3;3H,4H2,1-2H3. The molecule has 2 rings (SSSR count). The van der Waals surface area contributed by atoms with Gasteiger partial charge in [0.15, 0.2) is 5.69 Å². The Hall–Kier alpha value is -2.95. The summed E-state index contributed by atoms with van der Waals surface area (Å²) in [6.45, 7) is 3.89. The first-order valence-electron chi connectivity index (χ1n) is 7.46. The van der Waals surface area contributed by atoms with Crippen LogP contribution in [0.3, 0.4) is 0 Å². The summed E-state index contributed by atoms with van der Waals surface area (Å²) in [5.41, 5.74) is -1.41. The van der Waals surface area contributed by atoms with E-state index in [-0.39, 0.29) is 10.4 Å². The summed E-state index contributed by atoms with van der Waals surface area (Å²) in [7, 11) is 0.771. The highest BCUT2D eigenvalue weighted by atomic mass is 19.4. The Morgan fingerprint density at radius 1 is 1.19 bits per heavy atom. The van der Waals surface area contributed by atoms with Crippen molar-refractivity contribution < 1.29 is 27.1 Å². The first kappa shape index (κ1) is 22.1. The smallest absolute Gasteiger partial charge is 0.433 e. The molecule has 0 bridgehead atoms. The van der Waals surface area contributed by atoms with Crippen LogP contribution >= 0.6 is 0 Å². The monoisotopic (exact) mass is 391 g/mol. The number of carbonyl (C=O) groups excluding carboxylic acids is 1.